The maximum Gasteiger partial charge on any atom is 0.195 e. The van der Waals surface area contributed by atoms with Crippen LogP contribution in [0.15, 0.2) is 71.4 Å². The molecule has 0 aliphatic carbocycles. The van der Waals surface area contributed by atoms with E-state index in [1.54, 1.807) is 0 Å². The first-order valence-electron chi connectivity index (χ1n) is 7.86. The van der Waals surface area contributed by atoms with Gasteiger partial charge in [-0.1, -0.05) is 59.6 Å². The molecule has 4 rings (SSSR count). The molecule has 0 amide bonds. The standard InChI is InChI=1S/C21H12Cl2OS2/c22-17-7-3-1-5-13(17)20-15(9-11-25-20)19(24)16-10-12-26-21(16)14-6-2-4-8-18(14)23/h1-12H. The van der Waals surface area contributed by atoms with Crippen molar-refractivity contribution in [3.8, 4) is 20.9 Å². The zero-order valence-corrected chi connectivity index (χ0v) is 16.6. The molecule has 0 fully saturated rings. The molecule has 128 valence electrons. The average molecular weight is 415 g/mol. The molecule has 5 heteroatoms. The molecular weight excluding hydrogens is 403 g/mol. The van der Waals surface area contributed by atoms with Crippen LogP contribution in [0.5, 0.6) is 0 Å². The summed E-state index contributed by atoms with van der Waals surface area (Å²) < 4.78 is 0. The molecule has 0 unspecified atom stereocenters. The van der Waals surface area contributed by atoms with Gasteiger partial charge in [0.1, 0.15) is 0 Å². The number of halogens is 2. The Hall–Kier alpha value is -1.91. The SMILES string of the molecule is O=C(c1ccsc1-c1ccccc1Cl)c1ccsc1-c1ccccc1Cl. The Morgan fingerprint density at radius 3 is 1.50 bits per heavy atom. The number of carbonyl (C=O) groups excluding carboxylic acids is 1. The van der Waals surface area contributed by atoms with Gasteiger partial charge in [0.25, 0.3) is 0 Å². The quantitative estimate of drug-likeness (QED) is 0.312. The lowest BCUT2D eigenvalue weighted by Crippen LogP contribution is -2.01. The molecule has 0 atom stereocenters. The second kappa shape index (κ2) is 7.37. The Kier molecular flexibility index (Phi) is 4.96. The Balaban J connectivity index is 1.81. The monoisotopic (exact) mass is 414 g/mol. The van der Waals surface area contributed by atoms with E-state index in [1.165, 1.54) is 22.7 Å². The van der Waals surface area contributed by atoms with E-state index in [-0.39, 0.29) is 5.78 Å². The van der Waals surface area contributed by atoms with Crippen molar-refractivity contribution >= 4 is 51.7 Å². The van der Waals surface area contributed by atoms with Gasteiger partial charge >= 0.3 is 0 Å². The smallest absolute Gasteiger partial charge is 0.195 e. The van der Waals surface area contributed by atoms with E-state index >= 15 is 0 Å². The fourth-order valence-corrected chi connectivity index (χ4v) is 5.27. The molecule has 0 aliphatic rings. The third-order valence-corrected chi connectivity index (χ3v) is 6.61. The minimum atomic E-state index is -0.0164. The van der Waals surface area contributed by atoms with Crippen LogP contribution in [0.4, 0.5) is 0 Å². The summed E-state index contributed by atoms with van der Waals surface area (Å²) in [5.74, 6) is -0.0164. The molecule has 2 heterocycles. The molecule has 0 spiro atoms. The highest BCUT2D eigenvalue weighted by molar-refractivity contribution is 7.14. The number of rotatable bonds is 4. The fraction of sp³-hybridized carbons (Fsp3) is 0. The van der Waals surface area contributed by atoms with E-state index < -0.39 is 0 Å². The van der Waals surface area contributed by atoms with Gasteiger partial charge in [-0.05, 0) is 35.0 Å². The maximum atomic E-state index is 13.3. The van der Waals surface area contributed by atoms with E-state index in [9.17, 15) is 4.79 Å². The van der Waals surface area contributed by atoms with Gasteiger partial charge in [0.15, 0.2) is 5.78 Å². The summed E-state index contributed by atoms with van der Waals surface area (Å²) >= 11 is 15.7. The van der Waals surface area contributed by atoms with Crippen LogP contribution in [0, 0.1) is 0 Å². The highest BCUT2D eigenvalue weighted by atomic mass is 35.5. The van der Waals surface area contributed by atoms with Crippen molar-refractivity contribution in [1.82, 2.24) is 0 Å². The van der Waals surface area contributed by atoms with Crippen LogP contribution in [0.3, 0.4) is 0 Å². The van der Waals surface area contributed by atoms with Gasteiger partial charge in [0.2, 0.25) is 0 Å². The molecule has 0 aliphatic heterocycles. The van der Waals surface area contributed by atoms with Crippen LogP contribution >= 0.6 is 45.9 Å². The van der Waals surface area contributed by atoms with Crippen LogP contribution in [0.25, 0.3) is 20.9 Å². The number of thiophene rings is 2. The van der Waals surface area contributed by atoms with Crippen LogP contribution in [-0.2, 0) is 0 Å². The van der Waals surface area contributed by atoms with Crippen molar-refractivity contribution in [2.45, 2.75) is 0 Å². The number of hydrogen-bond acceptors (Lipinski definition) is 3. The second-order valence-corrected chi connectivity index (χ2v) is 8.26. The summed E-state index contributed by atoms with van der Waals surface area (Å²) in [6.45, 7) is 0. The highest BCUT2D eigenvalue weighted by Gasteiger charge is 2.22. The summed E-state index contributed by atoms with van der Waals surface area (Å²) in [4.78, 5) is 15.1. The van der Waals surface area contributed by atoms with Gasteiger partial charge in [0, 0.05) is 42.1 Å². The van der Waals surface area contributed by atoms with Gasteiger partial charge in [-0.3, -0.25) is 4.79 Å². The van der Waals surface area contributed by atoms with Gasteiger partial charge in [0.05, 0.1) is 0 Å². The van der Waals surface area contributed by atoms with E-state index in [4.69, 9.17) is 23.2 Å². The summed E-state index contributed by atoms with van der Waals surface area (Å²) in [6.07, 6.45) is 0. The molecule has 0 saturated heterocycles. The Labute approximate surface area is 169 Å². The lowest BCUT2D eigenvalue weighted by Gasteiger charge is -2.08. The molecule has 26 heavy (non-hydrogen) atoms. The minimum absolute atomic E-state index is 0.0164. The summed E-state index contributed by atoms with van der Waals surface area (Å²) in [5, 5.41) is 5.13. The first-order chi connectivity index (χ1) is 12.7. The van der Waals surface area contributed by atoms with Crippen molar-refractivity contribution in [2.75, 3.05) is 0 Å². The number of benzene rings is 2. The molecule has 4 aromatic rings. The topological polar surface area (TPSA) is 17.1 Å². The first-order valence-corrected chi connectivity index (χ1v) is 10.4. The van der Waals surface area contributed by atoms with Crippen LogP contribution < -0.4 is 0 Å². The van der Waals surface area contributed by atoms with Crippen molar-refractivity contribution in [2.24, 2.45) is 0 Å². The Morgan fingerprint density at radius 2 is 1.08 bits per heavy atom. The molecule has 2 aromatic heterocycles. The third-order valence-electron chi connectivity index (χ3n) is 4.06. The molecule has 0 saturated carbocycles. The molecule has 0 bridgehead atoms. The summed E-state index contributed by atoms with van der Waals surface area (Å²) in [5.41, 5.74) is 3.08. The van der Waals surface area contributed by atoms with Gasteiger partial charge < -0.3 is 0 Å². The van der Waals surface area contributed by atoms with E-state index in [0.717, 1.165) is 20.9 Å². The zero-order chi connectivity index (χ0) is 18.1. The van der Waals surface area contributed by atoms with E-state index in [0.29, 0.717) is 21.2 Å². The minimum Gasteiger partial charge on any atom is -0.289 e. The van der Waals surface area contributed by atoms with E-state index in [1.807, 2.05) is 71.4 Å². The zero-order valence-electron chi connectivity index (χ0n) is 13.4. The lowest BCUT2D eigenvalue weighted by molar-refractivity contribution is 0.104. The van der Waals surface area contributed by atoms with Crippen molar-refractivity contribution in [3.63, 3.8) is 0 Å². The van der Waals surface area contributed by atoms with Crippen LogP contribution in [0.2, 0.25) is 10.0 Å². The second-order valence-electron chi connectivity index (χ2n) is 5.62. The van der Waals surface area contributed by atoms with Crippen molar-refractivity contribution < 1.29 is 4.79 Å². The Morgan fingerprint density at radius 1 is 0.654 bits per heavy atom. The lowest BCUT2D eigenvalue weighted by atomic mass is 9.99. The predicted octanol–water partition coefficient (Wildman–Crippen LogP) is 7.68. The number of ketones is 1. The van der Waals surface area contributed by atoms with Crippen molar-refractivity contribution in [3.05, 3.63) is 92.6 Å². The van der Waals surface area contributed by atoms with Crippen molar-refractivity contribution in [1.29, 1.82) is 0 Å². The normalized spacial score (nSPS) is 10.8. The number of carbonyl (C=O) groups is 1. The maximum absolute atomic E-state index is 13.3. The Bertz CT molecular complexity index is 1010. The number of hydrogen-bond donors (Lipinski definition) is 0. The fourth-order valence-electron chi connectivity index (χ4n) is 2.83. The van der Waals surface area contributed by atoms with Crippen LogP contribution in [0.1, 0.15) is 15.9 Å². The average Bonchev–Trinajstić information content (AvgIpc) is 3.31. The highest BCUT2D eigenvalue weighted by Crippen LogP contribution is 2.39. The molecule has 2 aromatic carbocycles. The third kappa shape index (κ3) is 3.12. The van der Waals surface area contributed by atoms with Gasteiger partial charge in [-0.25, -0.2) is 0 Å². The summed E-state index contributed by atoms with van der Waals surface area (Å²) in [7, 11) is 0. The molecular formula is C21H12Cl2OS2. The van der Waals surface area contributed by atoms with E-state index in [2.05, 4.69) is 0 Å². The first kappa shape index (κ1) is 17.5. The summed E-state index contributed by atoms with van der Waals surface area (Å²) in [6, 6.07) is 18.9. The van der Waals surface area contributed by atoms with Crippen LogP contribution in [-0.4, -0.2) is 5.78 Å². The predicted molar refractivity (Wildman–Crippen MR) is 113 cm³/mol. The molecule has 0 N–H and O–H groups in total. The van der Waals surface area contributed by atoms with Gasteiger partial charge in [-0.15, -0.1) is 22.7 Å². The largest absolute Gasteiger partial charge is 0.289 e. The van der Waals surface area contributed by atoms with Gasteiger partial charge in [-0.2, -0.15) is 0 Å². The molecule has 0 radical (unpaired) electrons. The molecule has 1 nitrogen and oxygen atoms in total.